The monoisotopic (exact) mass is 347 g/mol. The number of ether oxygens (including phenoxy) is 4. The summed E-state index contributed by atoms with van der Waals surface area (Å²) in [7, 11) is 0. The molecule has 0 atom stereocenters. The molecule has 0 saturated heterocycles. The first kappa shape index (κ1) is 20.0. The number of carbonyl (C=O) groups is 2. The van der Waals surface area contributed by atoms with Crippen LogP contribution in [0.5, 0.6) is 11.5 Å². The van der Waals surface area contributed by atoms with Crippen molar-refractivity contribution in [3.05, 3.63) is 29.3 Å². The second-order valence-electron chi connectivity index (χ2n) is 4.62. The van der Waals surface area contributed by atoms with Crippen LogP contribution in [0.1, 0.15) is 26.3 Å². The molecule has 1 aromatic carbocycles. The van der Waals surface area contributed by atoms with Crippen LogP contribution in [0.4, 0.5) is 0 Å². The zero-order valence-electron chi connectivity index (χ0n) is 14.5. The second kappa shape index (κ2) is 10.7. The fourth-order valence-electron chi connectivity index (χ4n) is 1.85. The number of hydrogen-bond acceptors (Lipinski definition) is 7. The van der Waals surface area contributed by atoms with Crippen LogP contribution in [0, 0.1) is 11.3 Å². The third kappa shape index (κ3) is 6.55. The van der Waals surface area contributed by atoms with Gasteiger partial charge in [-0.15, -0.1) is 0 Å². The minimum atomic E-state index is -0.689. The third-order valence-electron chi connectivity index (χ3n) is 2.85. The van der Waals surface area contributed by atoms with Crippen molar-refractivity contribution in [2.45, 2.75) is 20.8 Å². The van der Waals surface area contributed by atoms with E-state index >= 15 is 0 Å². The lowest BCUT2D eigenvalue weighted by Gasteiger charge is -2.12. The standard InChI is InChI=1S/C18H21NO6/c1-4-22-16-10-13(9-14(11-19)18(21)24-6-3)7-8-15(16)25-12-17(20)23-5-2/h7-10H,4-6,12H2,1-3H3. The van der Waals surface area contributed by atoms with Crippen LogP contribution in [0.15, 0.2) is 23.8 Å². The molecular formula is C18H21NO6. The molecule has 7 heteroatoms. The zero-order valence-corrected chi connectivity index (χ0v) is 14.5. The zero-order chi connectivity index (χ0) is 18.7. The summed E-state index contributed by atoms with van der Waals surface area (Å²) in [5.41, 5.74) is 0.445. The minimum absolute atomic E-state index is 0.121. The SMILES string of the molecule is CCOC(=O)COc1ccc(C=C(C#N)C(=O)OCC)cc1OCC. The van der Waals surface area contributed by atoms with Crippen molar-refractivity contribution in [1.82, 2.24) is 0 Å². The topological polar surface area (TPSA) is 94.9 Å². The van der Waals surface area contributed by atoms with E-state index in [4.69, 9.17) is 24.2 Å². The Balaban J connectivity index is 3.01. The molecule has 0 aliphatic rings. The van der Waals surface area contributed by atoms with Gasteiger partial charge in [-0.25, -0.2) is 9.59 Å². The number of hydrogen-bond donors (Lipinski definition) is 0. The van der Waals surface area contributed by atoms with Gasteiger partial charge in [0, 0.05) is 0 Å². The largest absolute Gasteiger partial charge is 0.490 e. The maximum atomic E-state index is 11.7. The van der Waals surface area contributed by atoms with Gasteiger partial charge in [-0.2, -0.15) is 5.26 Å². The fraction of sp³-hybridized carbons (Fsp3) is 0.389. The Bertz CT molecular complexity index is 675. The molecule has 1 rings (SSSR count). The Labute approximate surface area is 146 Å². The van der Waals surface area contributed by atoms with Crippen molar-refractivity contribution in [1.29, 1.82) is 5.26 Å². The number of benzene rings is 1. The lowest BCUT2D eigenvalue weighted by molar-refractivity contribution is -0.145. The van der Waals surface area contributed by atoms with E-state index in [9.17, 15) is 9.59 Å². The molecule has 7 nitrogen and oxygen atoms in total. The first-order valence-electron chi connectivity index (χ1n) is 7.89. The van der Waals surface area contributed by atoms with Crippen LogP contribution in [0.2, 0.25) is 0 Å². The van der Waals surface area contributed by atoms with Gasteiger partial charge < -0.3 is 18.9 Å². The van der Waals surface area contributed by atoms with Crippen LogP contribution in [-0.4, -0.2) is 38.4 Å². The highest BCUT2D eigenvalue weighted by Gasteiger charge is 2.12. The summed E-state index contributed by atoms with van der Waals surface area (Å²) in [6.45, 7) is 5.77. The molecule has 25 heavy (non-hydrogen) atoms. The van der Waals surface area contributed by atoms with Gasteiger partial charge in [0.25, 0.3) is 0 Å². The lowest BCUT2D eigenvalue weighted by atomic mass is 10.1. The van der Waals surface area contributed by atoms with Crippen molar-refractivity contribution < 1.29 is 28.5 Å². The van der Waals surface area contributed by atoms with E-state index in [1.54, 1.807) is 39.0 Å². The smallest absolute Gasteiger partial charge is 0.348 e. The van der Waals surface area contributed by atoms with E-state index in [2.05, 4.69) is 0 Å². The van der Waals surface area contributed by atoms with Crippen molar-refractivity contribution in [2.24, 2.45) is 0 Å². The minimum Gasteiger partial charge on any atom is -0.490 e. The molecule has 0 aliphatic heterocycles. The van der Waals surface area contributed by atoms with Crippen molar-refractivity contribution in [3.8, 4) is 17.6 Å². The number of nitriles is 1. The molecule has 0 amide bonds. The van der Waals surface area contributed by atoms with Crippen LogP contribution in [0.3, 0.4) is 0 Å². The predicted molar refractivity (Wildman–Crippen MR) is 90.0 cm³/mol. The molecular weight excluding hydrogens is 326 g/mol. The lowest BCUT2D eigenvalue weighted by Crippen LogP contribution is -2.15. The summed E-state index contributed by atoms with van der Waals surface area (Å²) in [5.74, 6) is -0.419. The van der Waals surface area contributed by atoms with Crippen LogP contribution in [-0.2, 0) is 19.1 Å². The summed E-state index contributed by atoms with van der Waals surface area (Å²) in [6, 6.07) is 6.65. The van der Waals surface area contributed by atoms with Gasteiger partial charge in [0.1, 0.15) is 11.6 Å². The maximum Gasteiger partial charge on any atom is 0.348 e. The van der Waals surface area contributed by atoms with Crippen molar-refractivity contribution >= 4 is 18.0 Å². The molecule has 0 bridgehead atoms. The third-order valence-corrected chi connectivity index (χ3v) is 2.85. The molecule has 0 saturated carbocycles. The fourth-order valence-corrected chi connectivity index (χ4v) is 1.85. The van der Waals surface area contributed by atoms with Crippen LogP contribution < -0.4 is 9.47 Å². The van der Waals surface area contributed by atoms with E-state index in [0.29, 0.717) is 23.7 Å². The number of carbonyl (C=O) groups excluding carboxylic acids is 2. The summed E-state index contributed by atoms with van der Waals surface area (Å²) < 4.78 is 20.5. The summed E-state index contributed by atoms with van der Waals surface area (Å²) >= 11 is 0. The van der Waals surface area contributed by atoms with E-state index < -0.39 is 11.9 Å². The van der Waals surface area contributed by atoms with E-state index in [1.165, 1.54) is 6.08 Å². The first-order chi connectivity index (χ1) is 12.0. The highest BCUT2D eigenvalue weighted by atomic mass is 16.6. The van der Waals surface area contributed by atoms with E-state index in [1.807, 2.05) is 6.07 Å². The molecule has 0 unspecified atom stereocenters. The van der Waals surface area contributed by atoms with Gasteiger partial charge in [0.15, 0.2) is 18.1 Å². The van der Waals surface area contributed by atoms with Gasteiger partial charge in [0.05, 0.1) is 19.8 Å². The normalized spacial score (nSPS) is 10.6. The molecule has 0 fully saturated rings. The van der Waals surface area contributed by atoms with Crippen LogP contribution >= 0.6 is 0 Å². The number of nitrogens with zero attached hydrogens (tertiary/aromatic N) is 1. The van der Waals surface area contributed by atoms with Gasteiger partial charge in [0.2, 0.25) is 0 Å². The quantitative estimate of drug-likeness (QED) is 0.385. The Kier molecular flexibility index (Phi) is 8.58. The Morgan fingerprint density at radius 1 is 1.04 bits per heavy atom. The Morgan fingerprint density at radius 2 is 1.76 bits per heavy atom. The molecule has 0 spiro atoms. The Morgan fingerprint density at radius 3 is 2.36 bits per heavy atom. The Hall–Kier alpha value is -3.01. The molecule has 0 aromatic heterocycles. The summed E-state index contributed by atoms with van der Waals surface area (Å²) in [5, 5.41) is 9.08. The molecule has 0 N–H and O–H groups in total. The average molecular weight is 347 g/mol. The van der Waals surface area contributed by atoms with E-state index in [-0.39, 0.29) is 25.4 Å². The number of esters is 2. The molecule has 0 aliphatic carbocycles. The highest BCUT2D eigenvalue weighted by Crippen LogP contribution is 2.29. The van der Waals surface area contributed by atoms with Crippen molar-refractivity contribution in [2.75, 3.05) is 26.4 Å². The van der Waals surface area contributed by atoms with Gasteiger partial charge in [-0.1, -0.05) is 6.07 Å². The second-order valence-corrected chi connectivity index (χ2v) is 4.62. The van der Waals surface area contributed by atoms with Crippen molar-refractivity contribution in [3.63, 3.8) is 0 Å². The molecule has 1 aromatic rings. The van der Waals surface area contributed by atoms with Gasteiger partial charge >= 0.3 is 11.9 Å². The number of rotatable bonds is 9. The van der Waals surface area contributed by atoms with Crippen LogP contribution in [0.25, 0.3) is 6.08 Å². The summed E-state index contributed by atoms with van der Waals surface area (Å²) in [6.07, 6.45) is 1.40. The van der Waals surface area contributed by atoms with E-state index in [0.717, 1.165) is 0 Å². The highest BCUT2D eigenvalue weighted by molar-refractivity contribution is 5.97. The molecule has 0 heterocycles. The summed E-state index contributed by atoms with van der Waals surface area (Å²) in [4.78, 5) is 23.1. The molecule has 134 valence electrons. The van der Waals surface area contributed by atoms with Gasteiger partial charge in [-0.3, -0.25) is 0 Å². The predicted octanol–water partition coefficient (Wildman–Crippen LogP) is 2.50. The maximum absolute atomic E-state index is 11.7. The molecule has 0 radical (unpaired) electrons. The average Bonchev–Trinajstić information content (AvgIpc) is 2.59. The first-order valence-corrected chi connectivity index (χ1v) is 7.89. The van der Waals surface area contributed by atoms with Gasteiger partial charge in [-0.05, 0) is 44.5 Å².